The van der Waals surface area contributed by atoms with E-state index in [-0.39, 0.29) is 0 Å². The molecule has 19 heavy (non-hydrogen) atoms. The Hall–Kier alpha value is -2.55. The molecule has 1 N–H and O–H groups in total. The molecule has 0 aliphatic rings. The van der Waals surface area contributed by atoms with Crippen LogP contribution < -0.4 is 4.74 Å². The number of ether oxygens (including phenoxy) is 1. The third kappa shape index (κ3) is 4.32. The zero-order chi connectivity index (χ0) is 14.1. The maximum atomic E-state index is 8.57. The lowest BCUT2D eigenvalue weighted by molar-refractivity contribution is 0.322. The number of hydrogen-bond donors (Lipinski definition) is 1. The predicted molar refractivity (Wildman–Crippen MR) is 79.7 cm³/mol. The van der Waals surface area contributed by atoms with Crippen LogP contribution >= 0.6 is 0 Å². The van der Waals surface area contributed by atoms with Crippen molar-refractivity contribution in [3.63, 3.8) is 0 Å². The van der Waals surface area contributed by atoms with E-state index >= 15 is 0 Å². The number of allylic oxidation sites excluding steroid dienone is 5. The smallest absolute Gasteiger partial charge is 0.118 e. The van der Waals surface area contributed by atoms with Gasteiger partial charge in [-0.15, -0.1) is 0 Å². The van der Waals surface area contributed by atoms with Gasteiger partial charge in [-0.05, 0) is 23.3 Å². The molecule has 0 radical (unpaired) electrons. The second kappa shape index (κ2) is 7.71. The van der Waals surface area contributed by atoms with Crippen LogP contribution in [0.2, 0.25) is 0 Å². The number of hydrogen-bond acceptors (Lipinski definition) is 3. The quantitative estimate of drug-likeness (QED) is 0.363. The predicted octanol–water partition coefficient (Wildman–Crippen LogP) is 3.84. The summed E-state index contributed by atoms with van der Waals surface area (Å²) in [6.45, 7) is 7.40. The van der Waals surface area contributed by atoms with Crippen molar-refractivity contribution >= 4 is 12.3 Å². The molecule has 0 amide bonds. The van der Waals surface area contributed by atoms with E-state index < -0.39 is 0 Å². The molecule has 0 fully saturated rings. The number of rotatable bonds is 6. The minimum absolute atomic E-state index is 0.697. The van der Waals surface area contributed by atoms with E-state index in [2.05, 4.69) is 18.3 Å². The summed E-state index contributed by atoms with van der Waals surface area (Å²) in [5, 5.41) is 11.6. The summed E-state index contributed by atoms with van der Waals surface area (Å²) >= 11 is 0. The van der Waals surface area contributed by atoms with Gasteiger partial charge in [-0.3, -0.25) is 0 Å². The van der Waals surface area contributed by atoms with Crippen LogP contribution in [0.15, 0.2) is 72.0 Å². The molecule has 0 aliphatic heterocycles. The third-order valence-electron chi connectivity index (χ3n) is 2.54. The molecule has 0 unspecified atom stereocenters. The largest absolute Gasteiger partial charge is 0.497 e. The highest BCUT2D eigenvalue weighted by molar-refractivity contribution is 5.85. The molecule has 1 aromatic rings. The summed E-state index contributed by atoms with van der Waals surface area (Å²) in [6, 6.07) is 7.68. The van der Waals surface area contributed by atoms with Gasteiger partial charge in [-0.2, -0.15) is 0 Å². The Kier molecular flexibility index (Phi) is 5.89. The van der Waals surface area contributed by atoms with Gasteiger partial charge in [0.25, 0.3) is 0 Å². The lowest BCUT2D eigenvalue weighted by Crippen LogP contribution is -1.86. The molecule has 0 atom stereocenters. The van der Waals surface area contributed by atoms with Crippen LogP contribution in [0.1, 0.15) is 5.56 Å². The first-order chi connectivity index (χ1) is 9.24. The van der Waals surface area contributed by atoms with Crippen LogP contribution in [0.3, 0.4) is 0 Å². The molecule has 0 heterocycles. The second-order valence-corrected chi connectivity index (χ2v) is 3.67. The Balaban J connectivity index is 2.99. The van der Waals surface area contributed by atoms with Gasteiger partial charge in [-0.25, -0.2) is 0 Å². The van der Waals surface area contributed by atoms with Gasteiger partial charge in [0, 0.05) is 5.57 Å². The second-order valence-electron chi connectivity index (χ2n) is 3.67. The first-order valence-corrected chi connectivity index (χ1v) is 5.74. The van der Waals surface area contributed by atoms with Gasteiger partial charge in [0.15, 0.2) is 0 Å². The normalized spacial score (nSPS) is 12.5. The van der Waals surface area contributed by atoms with E-state index in [0.29, 0.717) is 5.57 Å². The fraction of sp³-hybridized carbons (Fsp3) is 0.0625. The maximum Gasteiger partial charge on any atom is 0.118 e. The number of benzene rings is 1. The van der Waals surface area contributed by atoms with Crippen LogP contribution in [-0.2, 0) is 0 Å². The van der Waals surface area contributed by atoms with Crippen molar-refractivity contribution in [3.8, 4) is 5.75 Å². The first-order valence-electron chi connectivity index (χ1n) is 5.74. The van der Waals surface area contributed by atoms with E-state index in [1.165, 1.54) is 6.21 Å². The minimum Gasteiger partial charge on any atom is -0.497 e. The molecule has 3 nitrogen and oxygen atoms in total. The highest BCUT2D eigenvalue weighted by Crippen LogP contribution is 2.14. The van der Waals surface area contributed by atoms with Crippen LogP contribution in [0.4, 0.5) is 0 Å². The van der Waals surface area contributed by atoms with Gasteiger partial charge in [0.1, 0.15) is 5.75 Å². The summed E-state index contributed by atoms with van der Waals surface area (Å²) in [6.07, 6.45) is 8.43. The monoisotopic (exact) mass is 255 g/mol. The fourth-order valence-corrected chi connectivity index (χ4v) is 1.49. The standard InChI is InChI=1S/C16H17NO2/c1-4-14(15(5-2)12-17-18)9-6-13-7-10-16(19-3)11-8-13/h4-12,18H,1-2H2,3H3/b9-6+,15-14-,17-12+. The van der Waals surface area contributed by atoms with Crippen LogP contribution in [-0.4, -0.2) is 18.5 Å². The average molecular weight is 255 g/mol. The highest BCUT2D eigenvalue weighted by atomic mass is 16.5. The Bertz CT molecular complexity index is 522. The van der Waals surface area contributed by atoms with Crippen molar-refractivity contribution in [3.05, 3.63) is 72.4 Å². The molecule has 0 saturated carbocycles. The SMILES string of the molecule is C=CC(/C=C/c1ccc(OC)cc1)=C(C=C)/C=N/O. The summed E-state index contributed by atoms with van der Waals surface area (Å²) < 4.78 is 5.10. The van der Waals surface area contributed by atoms with Crippen LogP contribution in [0.5, 0.6) is 5.75 Å². The lowest BCUT2D eigenvalue weighted by atomic mass is 10.1. The molecule has 0 saturated heterocycles. The highest BCUT2D eigenvalue weighted by Gasteiger charge is 1.95. The third-order valence-corrected chi connectivity index (χ3v) is 2.54. The molecule has 98 valence electrons. The van der Waals surface area contributed by atoms with Crippen molar-refractivity contribution in [1.82, 2.24) is 0 Å². The molecule has 0 aliphatic carbocycles. The molecule has 1 aromatic carbocycles. The van der Waals surface area contributed by atoms with Crippen molar-refractivity contribution < 1.29 is 9.94 Å². The van der Waals surface area contributed by atoms with E-state index in [4.69, 9.17) is 9.94 Å². The zero-order valence-corrected chi connectivity index (χ0v) is 10.9. The average Bonchev–Trinajstić information content (AvgIpc) is 2.47. The molecule has 0 aromatic heterocycles. The Labute approximate surface area is 113 Å². The number of nitrogens with zero attached hydrogens (tertiary/aromatic N) is 1. The zero-order valence-electron chi connectivity index (χ0n) is 10.9. The van der Waals surface area contributed by atoms with Gasteiger partial charge >= 0.3 is 0 Å². The van der Waals surface area contributed by atoms with E-state index in [0.717, 1.165) is 16.9 Å². The molecular weight excluding hydrogens is 238 g/mol. The van der Waals surface area contributed by atoms with E-state index in [1.54, 1.807) is 19.3 Å². The van der Waals surface area contributed by atoms with Crippen LogP contribution in [0, 0.1) is 0 Å². The molecule has 3 heteroatoms. The Morgan fingerprint density at radius 3 is 2.26 bits per heavy atom. The summed E-state index contributed by atoms with van der Waals surface area (Å²) in [7, 11) is 1.63. The van der Waals surface area contributed by atoms with Gasteiger partial charge in [0.2, 0.25) is 0 Å². The Morgan fingerprint density at radius 1 is 1.16 bits per heavy atom. The van der Waals surface area contributed by atoms with Crippen molar-refractivity contribution in [2.24, 2.45) is 5.16 Å². The molecule has 0 bridgehead atoms. The topological polar surface area (TPSA) is 41.8 Å². The van der Waals surface area contributed by atoms with Gasteiger partial charge in [0.05, 0.1) is 13.3 Å². The number of oxime groups is 1. The molecule has 1 rings (SSSR count). The Morgan fingerprint density at radius 2 is 1.79 bits per heavy atom. The molecule has 0 spiro atoms. The lowest BCUT2D eigenvalue weighted by Gasteiger charge is -2.00. The maximum absolute atomic E-state index is 8.57. The first kappa shape index (κ1) is 14.5. The molecular formula is C16H17NO2. The van der Waals surface area contributed by atoms with Gasteiger partial charge < -0.3 is 9.94 Å². The fourth-order valence-electron chi connectivity index (χ4n) is 1.49. The van der Waals surface area contributed by atoms with Crippen molar-refractivity contribution in [2.75, 3.05) is 7.11 Å². The van der Waals surface area contributed by atoms with Crippen LogP contribution in [0.25, 0.3) is 6.08 Å². The van der Waals surface area contributed by atoms with Crippen molar-refractivity contribution in [1.29, 1.82) is 0 Å². The van der Waals surface area contributed by atoms with Gasteiger partial charge in [-0.1, -0.05) is 54.8 Å². The number of methoxy groups -OCH3 is 1. The van der Waals surface area contributed by atoms with E-state index in [1.807, 2.05) is 36.4 Å². The summed E-state index contributed by atoms with van der Waals surface area (Å²) in [4.78, 5) is 0. The summed E-state index contributed by atoms with van der Waals surface area (Å²) in [5.74, 6) is 0.816. The van der Waals surface area contributed by atoms with E-state index in [9.17, 15) is 0 Å². The summed E-state index contributed by atoms with van der Waals surface area (Å²) in [5.41, 5.74) is 2.55. The minimum atomic E-state index is 0.697. The van der Waals surface area contributed by atoms with Crippen molar-refractivity contribution in [2.45, 2.75) is 0 Å².